The monoisotopic (exact) mass is 290 g/mol. The minimum Gasteiger partial charge on any atom is -0.497 e. The van der Waals surface area contributed by atoms with Gasteiger partial charge < -0.3 is 14.2 Å². The summed E-state index contributed by atoms with van der Waals surface area (Å²) in [7, 11) is 2.91. The average Bonchev–Trinajstić information content (AvgIpc) is 3.07. The fourth-order valence-corrected chi connectivity index (χ4v) is 3.64. The van der Waals surface area contributed by atoms with E-state index in [-0.39, 0.29) is 5.92 Å². The number of carbonyl (C=O) groups excluding carboxylic acids is 2. The molecule has 1 aromatic rings. The molecule has 112 valence electrons. The number of carbonyl (C=O) groups is 2. The molecule has 1 aromatic carbocycles. The van der Waals surface area contributed by atoms with E-state index >= 15 is 0 Å². The number of esters is 2. The minimum absolute atomic E-state index is 0.162. The molecule has 1 saturated carbocycles. The summed E-state index contributed by atoms with van der Waals surface area (Å²) in [6, 6.07) is 7.44. The Morgan fingerprint density at radius 1 is 1.38 bits per heavy atom. The largest absolute Gasteiger partial charge is 0.497 e. The van der Waals surface area contributed by atoms with Crippen LogP contribution in [0.1, 0.15) is 30.9 Å². The summed E-state index contributed by atoms with van der Waals surface area (Å²) >= 11 is 0. The molecule has 1 saturated heterocycles. The van der Waals surface area contributed by atoms with Gasteiger partial charge in [-0.15, -0.1) is 0 Å². The summed E-state index contributed by atoms with van der Waals surface area (Å²) in [6.07, 6.45) is 1.70. The Labute approximate surface area is 123 Å². The SMILES string of the molecule is COC(=O)[C@]12CCC[C@H]1[C@H](c1cccc(OC)c1)OC2=O. The number of hydrogen-bond donors (Lipinski definition) is 0. The van der Waals surface area contributed by atoms with Gasteiger partial charge in [0.05, 0.1) is 14.2 Å². The van der Waals surface area contributed by atoms with E-state index in [1.807, 2.05) is 24.3 Å². The first-order valence-electron chi connectivity index (χ1n) is 7.07. The van der Waals surface area contributed by atoms with Crippen molar-refractivity contribution in [1.82, 2.24) is 0 Å². The third kappa shape index (κ3) is 1.91. The molecule has 1 heterocycles. The maximum atomic E-state index is 12.4. The van der Waals surface area contributed by atoms with E-state index in [1.165, 1.54) is 7.11 Å². The van der Waals surface area contributed by atoms with Crippen LogP contribution in [0.15, 0.2) is 24.3 Å². The van der Waals surface area contributed by atoms with Gasteiger partial charge in [0.15, 0.2) is 5.41 Å². The lowest BCUT2D eigenvalue weighted by atomic mass is 9.76. The maximum absolute atomic E-state index is 12.4. The molecule has 0 N–H and O–H groups in total. The summed E-state index contributed by atoms with van der Waals surface area (Å²) in [6.45, 7) is 0. The van der Waals surface area contributed by atoms with Gasteiger partial charge in [0.1, 0.15) is 11.9 Å². The number of hydrogen-bond acceptors (Lipinski definition) is 5. The van der Waals surface area contributed by atoms with E-state index in [0.717, 1.165) is 18.4 Å². The third-order valence-electron chi connectivity index (χ3n) is 4.65. The summed E-state index contributed by atoms with van der Waals surface area (Å²) in [5, 5.41) is 0. The van der Waals surface area contributed by atoms with Gasteiger partial charge in [-0.05, 0) is 30.5 Å². The zero-order chi connectivity index (χ0) is 15.0. The molecular formula is C16H18O5. The van der Waals surface area contributed by atoms with Crippen LogP contribution in [0.2, 0.25) is 0 Å². The predicted octanol–water partition coefficient (Wildman–Crippen LogP) is 2.25. The summed E-state index contributed by atoms with van der Waals surface area (Å²) in [5.41, 5.74) is -0.261. The van der Waals surface area contributed by atoms with Crippen molar-refractivity contribution in [3.8, 4) is 5.75 Å². The van der Waals surface area contributed by atoms with Gasteiger partial charge in [0, 0.05) is 5.92 Å². The van der Waals surface area contributed by atoms with Crippen LogP contribution in [0.3, 0.4) is 0 Å². The molecule has 1 aliphatic heterocycles. The number of benzene rings is 1. The van der Waals surface area contributed by atoms with Gasteiger partial charge in [0.25, 0.3) is 0 Å². The molecule has 5 nitrogen and oxygen atoms in total. The van der Waals surface area contributed by atoms with Crippen molar-refractivity contribution in [2.24, 2.45) is 11.3 Å². The lowest BCUT2D eigenvalue weighted by Crippen LogP contribution is -2.39. The Bertz CT molecular complexity index is 582. The van der Waals surface area contributed by atoms with E-state index < -0.39 is 23.5 Å². The standard InChI is InChI=1S/C16H18O5/c1-19-11-6-3-5-10(9-11)13-12-7-4-8-16(12,14(17)20-2)15(18)21-13/h3,5-6,9,12-13H,4,7-8H2,1-2H3/t12-,13-,16-/m0/s1. The fraction of sp³-hybridized carbons (Fsp3) is 0.500. The lowest BCUT2D eigenvalue weighted by Gasteiger charge is -2.22. The first kappa shape index (κ1) is 13.9. The predicted molar refractivity (Wildman–Crippen MR) is 73.6 cm³/mol. The van der Waals surface area contributed by atoms with Crippen LogP contribution in [0.25, 0.3) is 0 Å². The Morgan fingerprint density at radius 2 is 2.19 bits per heavy atom. The number of methoxy groups -OCH3 is 2. The third-order valence-corrected chi connectivity index (χ3v) is 4.65. The molecular weight excluding hydrogens is 272 g/mol. The highest BCUT2D eigenvalue weighted by Gasteiger charge is 2.65. The molecule has 0 amide bonds. The van der Waals surface area contributed by atoms with Crippen LogP contribution >= 0.6 is 0 Å². The highest BCUT2D eigenvalue weighted by molar-refractivity contribution is 6.02. The van der Waals surface area contributed by atoms with Gasteiger partial charge >= 0.3 is 11.9 Å². The molecule has 0 bridgehead atoms. The molecule has 0 radical (unpaired) electrons. The van der Waals surface area contributed by atoms with Gasteiger partial charge in [-0.2, -0.15) is 0 Å². The molecule has 0 spiro atoms. The van der Waals surface area contributed by atoms with Crippen LogP contribution in [-0.4, -0.2) is 26.2 Å². The van der Waals surface area contributed by atoms with Crippen LogP contribution < -0.4 is 4.74 Å². The summed E-state index contributed by atoms with van der Waals surface area (Å²) in [5.74, 6) is -0.383. The van der Waals surface area contributed by atoms with E-state index in [0.29, 0.717) is 12.2 Å². The van der Waals surface area contributed by atoms with Crippen molar-refractivity contribution in [3.05, 3.63) is 29.8 Å². The highest BCUT2D eigenvalue weighted by Crippen LogP contribution is 2.57. The molecule has 2 aliphatic rings. The summed E-state index contributed by atoms with van der Waals surface area (Å²) in [4.78, 5) is 24.5. The van der Waals surface area contributed by atoms with Gasteiger partial charge in [0.2, 0.25) is 0 Å². The van der Waals surface area contributed by atoms with Crippen LogP contribution in [-0.2, 0) is 19.1 Å². The Morgan fingerprint density at radius 3 is 2.90 bits per heavy atom. The smallest absolute Gasteiger partial charge is 0.324 e. The van der Waals surface area contributed by atoms with Crippen molar-refractivity contribution in [1.29, 1.82) is 0 Å². The highest BCUT2D eigenvalue weighted by atomic mass is 16.6. The van der Waals surface area contributed by atoms with E-state index in [9.17, 15) is 9.59 Å². The zero-order valence-corrected chi connectivity index (χ0v) is 12.1. The summed E-state index contributed by atoms with van der Waals surface area (Å²) < 4.78 is 15.6. The number of cyclic esters (lactones) is 1. The second kappa shape index (κ2) is 5.06. The molecule has 3 rings (SSSR count). The molecule has 1 aliphatic carbocycles. The zero-order valence-electron chi connectivity index (χ0n) is 12.1. The normalized spacial score (nSPS) is 30.7. The van der Waals surface area contributed by atoms with Crippen LogP contribution in [0.5, 0.6) is 5.75 Å². The molecule has 0 aromatic heterocycles. The molecule has 21 heavy (non-hydrogen) atoms. The molecule has 0 unspecified atom stereocenters. The van der Waals surface area contributed by atoms with Crippen molar-refractivity contribution in [3.63, 3.8) is 0 Å². The maximum Gasteiger partial charge on any atom is 0.324 e. The van der Waals surface area contributed by atoms with Gasteiger partial charge in [-0.3, -0.25) is 9.59 Å². The van der Waals surface area contributed by atoms with E-state index in [2.05, 4.69) is 0 Å². The fourth-order valence-electron chi connectivity index (χ4n) is 3.64. The van der Waals surface area contributed by atoms with Crippen molar-refractivity contribution in [2.75, 3.05) is 14.2 Å². The van der Waals surface area contributed by atoms with Crippen molar-refractivity contribution >= 4 is 11.9 Å². The average molecular weight is 290 g/mol. The van der Waals surface area contributed by atoms with Gasteiger partial charge in [-0.1, -0.05) is 18.6 Å². The Hall–Kier alpha value is -2.04. The number of fused-ring (bicyclic) bond motifs is 1. The number of ether oxygens (including phenoxy) is 3. The first-order valence-corrected chi connectivity index (χ1v) is 7.07. The Kier molecular flexibility index (Phi) is 3.35. The number of rotatable bonds is 3. The van der Waals surface area contributed by atoms with E-state index in [4.69, 9.17) is 14.2 Å². The second-order valence-electron chi connectivity index (χ2n) is 5.56. The quantitative estimate of drug-likeness (QED) is 0.631. The van der Waals surface area contributed by atoms with Gasteiger partial charge in [-0.25, -0.2) is 0 Å². The molecule has 5 heteroatoms. The minimum atomic E-state index is -1.12. The van der Waals surface area contributed by atoms with Crippen LogP contribution in [0, 0.1) is 11.3 Å². The lowest BCUT2D eigenvalue weighted by molar-refractivity contribution is -0.164. The van der Waals surface area contributed by atoms with E-state index in [1.54, 1.807) is 7.11 Å². The first-order chi connectivity index (χ1) is 10.1. The molecule has 3 atom stereocenters. The van der Waals surface area contributed by atoms with Crippen molar-refractivity contribution < 1.29 is 23.8 Å². The van der Waals surface area contributed by atoms with Crippen molar-refractivity contribution in [2.45, 2.75) is 25.4 Å². The molecule has 2 fully saturated rings. The second-order valence-corrected chi connectivity index (χ2v) is 5.56. The topological polar surface area (TPSA) is 61.8 Å². The van der Waals surface area contributed by atoms with Crippen LogP contribution in [0.4, 0.5) is 0 Å². The Balaban J connectivity index is 1.99.